The van der Waals surface area contributed by atoms with Crippen LogP contribution in [0.15, 0.2) is 0 Å². The van der Waals surface area contributed by atoms with Gasteiger partial charge in [-0.25, -0.2) is 0 Å². The molecule has 0 aromatic carbocycles. The molecule has 0 aliphatic carbocycles. The number of hydrogen-bond acceptors (Lipinski definition) is 2. The average Bonchev–Trinajstić information content (AvgIpc) is 2.33. The molecule has 0 amide bonds. The molecule has 60 valence electrons. The molecule has 1 heterocycles. The van der Waals surface area contributed by atoms with Crippen molar-refractivity contribution in [1.29, 1.82) is 0 Å². The van der Waals surface area contributed by atoms with Crippen LogP contribution in [0.4, 0.5) is 0 Å². The number of hydroxylamine groups is 3. The van der Waals surface area contributed by atoms with Crippen LogP contribution in [0.3, 0.4) is 0 Å². The van der Waals surface area contributed by atoms with E-state index in [0.717, 1.165) is 38.9 Å². The molecule has 1 aliphatic heterocycles. The third-order valence-corrected chi connectivity index (χ3v) is 2.15. The largest absolute Gasteiger partial charge is 0.633 e. The van der Waals surface area contributed by atoms with E-state index >= 15 is 0 Å². The third kappa shape index (κ3) is 1.94. The van der Waals surface area contributed by atoms with Gasteiger partial charge in [-0.2, -0.15) is 0 Å². The molecule has 1 aliphatic rings. The first-order valence-corrected chi connectivity index (χ1v) is 4.04. The number of hydrogen-bond donors (Lipinski definition) is 1. The molecule has 0 bridgehead atoms. The van der Waals surface area contributed by atoms with Crippen molar-refractivity contribution < 1.29 is 4.65 Å². The first kappa shape index (κ1) is 7.98. The fourth-order valence-electron chi connectivity index (χ4n) is 1.51. The van der Waals surface area contributed by atoms with Crippen molar-refractivity contribution in [2.45, 2.75) is 19.3 Å². The Morgan fingerprint density at radius 1 is 1.30 bits per heavy atom. The van der Waals surface area contributed by atoms with Crippen molar-refractivity contribution in [2.75, 3.05) is 26.2 Å². The van der Waals surface area contributed by atoms with E-state index in [9.17, 15) is 5.21 Å². The minimum Gasteiger partial charge on any atom is -0.633 e. The fourth-order valence-corrected chi connectivity index (χ4v) is 1.51. The van der Waals surface area contributed by atoms with Gasteiger partial charge in [-0.3, -0.25) is 0 Å². The molecule has 1 saturated heterocycles. The Morgan fingerprint density at radius 2 is 1.90 bits per heavy atom. The molecular formula is C7H16N2O. The van der Waals surface area contributed by atoms with E-state index < -0.39 is 0 Å². The summed E-state index contributed by atoms with van der Waals surface area (Å²) in [5.74, 6) is 0. The SMILES string of the molecule is NCCC[N+]1([O-])CCCC1. The molecule has 0 atom stereocenters. The quantitative estimate of drug-likeness (QED) is 0.461. The molecule has 0 unspecified atom stereocenters. The first-order valence-electron chi connectivity index (χ1n) is 4.04. The Labute approximate surface area is 62.0 Å². The summed E-state index contributed by atoms with van der Waals surface area (Å²) in [7, 11) is 0. The molecule has 2 N–H and O–H groups in total. The van der Waals surface area contributed by atoms with E-state index in [1.807, 2.05) is 0 Å². The molecule has 0 radical (unpaired) electrons. The molecule has 10 heavy (non-hydrogen) atoms. The van der Waals surface area contributed by atoms with E-state index in [-0.39, 0.29) is 4.65 Å². The molecule has 1 rings (SSSR count). The topological polar surface area (TPSA) is 49.1 Å². The highest BCUT2D eigenvalue weighted by atomic mass is 16.5. The van der Waals surface area contributed by atoms with Crippen LogP contribution in [0.1, 0.15) is 19.3 Å². The minimum absolute atomic E-state index is 0.0250. The second-order valence-corrected chi connectivity index (χ2v) is 3.08. The van der Waals surface area contributed by atoms with Gasteiger partial charge in [-0.15, -0.1) is 0 Å². The van der Waals surface area contributed by atoms with Crippen LogP contribution in [0.2, 0.25) is 0 Å². The van der Waals surface area contributed by atoms with Gasteiger partial charge in [0, 0.05) is 19.3 Å². The molecule has 3 nitrogen and oxygen atoms in total. The highest BCUT2D eigenvalue weighted by Crippen LogP contribution is 2.17. The second-order valence-electron chi connectivity index (χ2n) is 3.08. The monoisotopic (exact) mass is 144 g/mol. The Balaban J connectivity index is 2.22. The molecule has 0 spiro atoms. The molecule has 0 aromatic rings. The lowest BCUT2D eigenvalue weighted by Crippen LogP contribution is -2.40. The summed E-state index contributed by atoms with van der Waals surface area (Å²) in [6.07, 6.45) is 3.09. The number of nitrogens with zero attached hydrogens (tertiary/aromatic N) is 1. The molecule has 3 heteroatoms. The lowest BCUT2D eigenvalue weighted by atomic mass is 10.4. The van der Waals surface area contributed by atoms with Gasteiger partial charge in [-0.1, -0.05) is 0 Å². The lowest BCUT2D eigenvalue weighted by molar-refractivity contribution is -0.868. The summed E-state index contributed by atoms with van der Waals surface area (Å²) >= 11 is 0. The first-order chi connectivity index (χ1) is 4.77. The van der Waals surface area contributed by atoms with E-state index in [4.69, 9.17) is 5.73 Å². The lowest BCUT2D eigenvalue weighted by Gasteiger charge is -2.38. The van der Waals surface area contributed by atoms with E-state index in [2.05, 4.69) is 0 Å². The van der Waals surface area contributed by atoms with Gasteiger partial charge in [0.2, 0.25) is 0 Å². The zero-order valence-electron chi connectivity index (χ0n) is 6.38. The fraction of sp³-hybridized carbons (Fsp3) is 1.00. The van der Waals surface area contributed by atoms with Gasteiger partial charge in [0.1, 0.15) is 0 Å². The van der Waals surface area contributed by atoms with Gasteiger partial charge in [0.25, 0.3) is 0 Å². The maximum absolute atomic E-state index is 11.5. The van der Waals surface area contributed by atoms with E-state index in [0.29, 0.717) is 6.54 Å². The van der Waals surface area contributed by atoms with Crippen LogP contribution >= 0.6 is 0 Å². The normalized spacial score (nSPS) is 23.4. The van der Waals surface area contributed by atoms with Crippen molar-refractivity contribution in [3.63, 3.8) is 0 Å². The Hall–Kier alpha value is -0.120. The van der Waals surface area contributed by atoms with Crippen LogP contribution in [0.5, 0.6) is 0 Å². The van der Waals surface area contributed by atoms with Crippen LogP contribution in [-0.2, 0) is 0 Å². The highest BCUT2D eigenvalue weighted by Gasteiger charge is 2.21. The van der Waals surface area contributed by atoms with E-state index in [1.165, 1.54) is 0 Å². The number of nitrogens with two attached hydrogens (primary N) is 1. The van der Waals surface area contributed by atoms with Crippen LogP contribution < -0.4 is 5.73 Å². The van der Waals surface area contributed by atoms with Crippen LogP contribution in [0.25, 0.3) is 0 Å². The van der Waals surface area contributed by atoms with Gasteiger partial charge in [-0.05, 0) is 6.54 Å². The predicted molar refractivity (Wildman–Crippen MR) is 41.1 cm³/mol. The summed E-state index contributed by atoms with van der Waals surface area (Å²) in [5, 5.41) is 11.5. The summed E-state index contributed by atoms with van der Waals surface area (Å²) < 4.78 is 0.0250. The Bertz CT molecular complexity index is 99.8. The predicted octanol–water partition coefficient (Wildman–Crippen LogP) is 0.444. The Morgan fingerprint density at radius 3 is 2.40 bits per heavy atom. The zero-order valence-corrected chi connectivity index (χ0v) is 6.38. The van der Waals surface area contributed by atoms with Crippen molar-refractivity contribution in [1.82, 2.24) is 0 Å². The van der Waals surface area contributed by atoms with Crippen LogP contribution in [-0.4, -0.2) is 30.8 Å². The molecule has 0 saturated carbocycles. The van der Waals surface area contributed by atoms with Gasteiger partial charge in [0.05, 0.1) is 19.6 Å². The van der Waals surface area contributed by atoms with Crippen molar-refractivity contribution in [3.8, 4) is 0 Å². The number of likely N-dealkylation sites (tertiary alicyclic amines) is 1. The summed E-state index contributed by atoms with van der Waals surface area (Å²) in [6, 6.07) is 0. The molecule has 1 fully saturated rings. The minimum atomic E-state index is 0.0250. The molecule has 0 aromatic heterocycles. The van der Waals surface area contributed by atoms with Gasteiger partial charge >= 0.3 is 0 Å². The van der Waals surface area contributed by atoms with Gasteiger partial charge < -0.3 is 15.6 Å². The maximum Gasteiger partial charge on any atom is 0.0796 e. The highest BCUT2D eigenvalue weighted by molar-refractivity contribution is 4.54. The average molecular weight is 144 g/mol. The standard InChI is InChI=1S/C7H16N2O/c8-4-3-7-9(10)5-1-2-6-9/h1-8H2. The third-order valence-electron chi connectivity index (χ3n) is 2.15. The maximum atomic E-state index is 11.5. The summed E-state index contributed by atoms with van der Waals surface area (Å²) in [4.78, 5) is 0. The van der Waals surface area contributed by atoms with E-state index in [1.54, 1.807) is 0 Å². The zero-order chi connectivity index (χ0) is 7.45. The number of quaternary nitrogens is 1. The van der Waals surface area contributed by atoms with Crippen molar-refractivity contribution in [2.24, 2.45) is 5.73 Å². The van der Waals surface area contributed by atoms with Crippen molar-refractivity contribution in [3.05, 3.63) is 5.21 Å². The number of rotatable bonds is 3. The van der Waals surface area contributed by atoms with Gasteiger partial charge in [0.15, 0.2) is 0 Å². The second kappa shape index (κ2) is 3.32. The smallest absolute Gasteiger partial charge is 0.0796 e. The Kier molecular flexibility index (Phi) is 2.65. The van der Waals surface area contributed by atoms with Crippen molar-refractivity contribution >= 4 is 0 Å². The van der Waals surface area contributed by atoms with Crippen LogP contribution in [0, 0.1) is 5.21 Å². The summed E-state index contributed by atoms with van der Waals surface area (Å²) in [5.41, 5.74) is 5.32. The molecular weight excluding hydrogens is 128 g/mol. The summed E-state index contributed by atoms with van der Waals surface area (Å²) in [6.45, 7) is 3.03.